The van der Waals surface area contributed by atoms with Crippen molar-refractivity contribution in [3.8, 4) is 5.75 Å². The Bertz CT molecular complexity index is 889. The minimum Gasteiger partial charge on any atom is -0.492 e. The summed E-state index contributed by atoms with van der Waals surface area (Å²) in [7, 11) is 0. The van der Waals surface area contributed by atoms with Gasteiger partial charge in [-0.1, -0.05) is 42.0 Å². The summed E-state index contributed by atoms with van der Waals surface area (Å²) in [6.07, 6.45) is 0. The molecule has 1 N–H and O–H groups in total. The molecule has 0 unspecified atom stereocenters. The van der Waals surface area contributed by atoms with E-state index in [0.717, 1.165) is 5.75 Å². The summed E-state index contributed by atoms with van der Waals surface area (Å²) in [6, 6.07) is 23.7. The zero-order valence-corrected chi connectivity index (χ0v) is 16.4. The topological polar surface area (TPSA) is 38.3 Å². The number of anilines is 1. The highest BCUT2D eigenvalue weighted by molar-refractivity contribution is 7.98. The number of thioether (sulfide) groups is 1. The van der Waals surface area contributed by atoms with Gasteiger partial charge in [0.25, 0.3) is 5.91 Å². The molecular formula is C23H23NO2S. The van der Waals surface area contributed by atoms with E-state index in [1.807, 2.05) is 55.5 Å². The molecule has 1 amide bonds. The molecular weight excluding hydrogens is 354 g/mol. The fourth-order valence-electron chi connectivity index (χ4n) is 2.60. The molecule has 0 radical (unpaired) electrons. The molecule has 0 saturated heterocycles. The van der Waals surface area contributed by atoms with Crippen molar-refractivity contribution in [1.82, 2.24) is 0 Å². The Balaban J connectivity index is 1.61. The summed E-state index contributed by atoms with van der Waals surface area (Å²) >= 11 is 1.79. The van der Waals surface area contributed by atoms with Crippen LogP contribution in [0, 0.1) is 6.92 Å². The molecule has 3 rings (SSSR count). The molecule has 0 aliphatic carbocycles. The SMILES string of the molecule is CCOc1ccccc1NC(=O)c1ccc(CSc2ccc(C)cc2)cc1. The van der Waals surface area contributed by atoms with Crippen molar-refractivity contribution in [1.29, 1.82) is 0 Å². The van der Waals surface area contributed by atoms with E-state index in [0.29, 0.717) is 23.6 Å². The molecule has 3 aromatic carbocycles. The van der Waals surface area contributed by atoms with Crippen LogP contribution in [0.3, 0.4) is 0 Å². The molecule has 0 bridgehead atoms. The first kappa shape index (κ1) is 19.1. The number of benzene rings is 3. The fraction of sp³-hybridized carbons (Fsp3) is 0.174. The van der Waals surface area contributed by atoms with E-state index >= 15 is 0 Å². The third-order valence-electron chi connectivity index (χ3n) is 4.08. The van der Waals surface area contributed by atoms with Crippen LogP contribution in [0.5, 0.6) is 5.75 Å². The maximum absolute atomic E-state index is 12.5. The molecule has 0 heterocycles. The van der Waals surface area contributed by atoms with Crippen molar-refractivity contribution < 1.29 is 9.53 Å². The van der Waals surface area contributed by atoms with Crippen LogP contribution in [0.4, 0.5) is 5.69 Å². The lowest BCUT2D eigenvalue weighted by Crippen LogP contribution is -2.12. The van der Waals surface area contributed by atoms with Gasteiger partial charge in [0.15, 0.2) is 0 Å². The minimum atomic E-state index is -0.139. The van der Waals surface area contributed by atoms with Crippen LogP contribution in [0.1, 0.15) is 28.4 Å². The lowest BCUT2D eigenvalue weighted by Gasteiger charge is -2.11. The first-order valence-electron chi connectivity index (χ1n) is 8.97. The zero-order chi connectivity index (χ0) is 19.1. The average molecular weight is 378 g/mol. The van der Waals surface area contributed by atoms with Gasteiger partial charge in [0, 0.05) is 16.2 Å². The molecule has 27 heavy (non-hydrogen) atoms. The van der Waals surface area contributed by atoms with E-state index in [4.69, 9.17) is 4.74 Å². The Hall–Kier alpha value is -2.72. The zero-order valence-electron chi connectivity index (χ0n) is 15.6. The third-order valence-corrected chi connectivity index (χ3v) is 5.16. The summed E-state index contributed by atoms with van der Waals surface area (Å²) in [5.41, 5.74) is 3.77. The highest BCUT2D eigenvalue weighted by Crippen LogP contribution is 2.25. The lowest BCUT2D eigenvalue weighted by molar-refractivity contribution is 0.102. The lowest BCUT2D eigenvalue weighted by atomic mass is 10.1. The van der Waals surface area contributed by atoms with E-state index in [1.54, 1.807) is 11.8 Å². The summed E-state index contributed by atoms with van der Waals surface area (Å²) in [5.74, 6) is 1.41. The van der Waals surface area contributed by atoms with Crippen molar-refractivity contribution in [2.45, 2.75) is 24.5 Å². The summed E-state index contributed by atoms with van der Waals surface area (Å²) in [5, 5.41) is 2.93. The van der Waals surface area contributed by atoms with Gasteiger partial charge in [-0.25, -0.2) is 0 Å². The Morgan fingerprint density at radius 3 is 2.37 bits per heavy atom. The molecule has 0 atom stereocenters. The smallest absolute Gasteiger partial charge is 0.255 e. The van der Waals surface area contributed by atoms with Crippen molar-refractivity contribution in [2.75, 3.05) is 11.9 Å². The van der Waals surface area contributed by atoms with E-state index in [-0.39, 0.29) is 5.91 Å². The van der Waals surface area contributed by atoms with Crippen LogP contribution in [0.25, 0.3) is 0 Å². The molecule has 138 valence electrons. The van der Waals surface area contributed by atoms with Crippen LogP contribution < -0.4 is 10.1 Å². The predicted octanol–water partition coefficient (Wildman–Crippen LogP) is 5.94. The largest absolute Gasteiger partial charge is 0.492 e. The van der Waals surface area contributed by atoms with Gasteiger partial charge < -0.3 is 10.1 Å². The van der Waals surface area contributed by atoms with E-state index < -0.39 is 0 Å². The fourth-order valence-corrected chi connectivity index (χ4v) is 3.45. The minimum absolute atomic E-state index is 0.139. The van der Waals surface area contributed by atoms with Crippen LogP contribution >= 0.6 is 11.8 Å². The molecule has 0 fully saturated rings. The van der Waals surface area contributed by atoms with Gasteiger partial charge in [-0.05, 0) is 55.8 Å². The van der Waals surface area contributed by atoms with Gasteiger partial charge in [-0.15, -0.1) is 11.8 Å². The van der Waals surface area contributed by atoms with E-state index in [2.05, 4.69) is 36.5 Å². The molecule has 3 nitrogen and oxygen atoms in total. The monoisotopic (exact) mass is 377 g/mol. The molecule has 0 aliphatic heterocycles. The number of ether oxygens (including phenoxy) is 1. The number of nitrogens with one attached hydrogen (secondary N) is 1. The molecule has 0 aromatic heterocycles. The Labute approximate surface area is 164 Å². The van der Waals surface area contributed by atoms with Crippen LogP contribution in [0.2, 0.25) is 0 Å². The Kier molecular flexibility index (Phi) is 6.55. The number of carbonyl (C=O) groups is 1. The van der Waals surface area contributed by atoms with Crippen LogP contribution in [-0.2, 0) is 5.75 Å². The second-order valence-electron chi connectivity index (χ2n) is 6.18. The van der Waals surface area contributed by atoms with Gasteiger partial charge in [-0.2, -0.15) is 0 Å². The van der Waals surface area contributed by atoms with Gasteiger partial charge in [0.1, 0.15) is 5.75 Å². The van der Waals surface area contributed by atoms with Gasteiger partial charge >= 0.3 is 0 Å². The van der Waals surface area contributed by atoms with Gasteiger partial charge in [0.2, 0.25) is 0 Å². The third kappa shape index (κ3) is 5.38. The van der Waals surface area contributed by atoms with Gasteiger partial charge in [0.05, 0.1) is 12.3 Å². The highest BCUT2D eigenvalue weighted by Gasteiger charge is 2.09. The van der Waals surface area contributed by atoms with Gasteiger partial charge in [-0.3, -0.25) is 4.79 Å². The Morgan fingerprint density at radius 2 is 1.67 bits per heavy atom. The van der Waals surface area contributed by atoms with Crippen molar-refractivity contribution >= 4 is 23.4 Å². The number of carbonyl (C=O) groups excluding carboxylic acids is 1. The number of aryl methyl sites for hydroxylation is 1. The van der Waals surface area contributed by atoms with E-state index in [1.165, 1.54) is 16.0 Å². The predicted molar refractivity (Wildman–Crippen MR) is 113 cm³/mol. The number of amides is 1. The molecule has 0 aliphatic rings. The maximum atomic E-state index is 12.5. The molecule has 4 heteroatoms. The quantitative estimate of drug-likeness (QED) is 0.518. The number of hydrogen-bond donors (Lipinski definition) is 1. The Morgan fingerprint density at radius 1 is 0.963 bits per heavy atom. The molecule has 0 spiro atoms. The maximum Gasteiger partial charge on any atom is 0.255 e. The normalized spacial score (nSPS) is 10.4. The van der Waals surface area contributed by atoms with Crippen molar-refractivity contribution in [3.63, 3.8) is 0 Å². The first-order valence-corrected chi connectivity index (χ1v) is 9.96. The summed E-state index contributed by atoms with van der Waals surface area (Å²) in [4.78, 5) is 13.8. The van der Waals surface area contributed by atoms with Crippen molar-refractivity contribution in [3.05, 3.63) is 89.5 Å². The number of para-hydroxylation sites is 2. The molecule has 0 saturated carbocycles. The van der Waals surface area contributed by atoms with Crippen LogP contribution in [0.15, 0.2) is 77.7 Å². The first-order chi connectivity index (χ1) is 13.2. The second-order valence-corrected chi connectivity index (χ2v) is 7.23. The number of rotatable bonds is 7. The highest BCUT2D eigenvalue weighted by atomic mass is 32.2. The van der Waals surface area contributed by atoms with E-state index in [9.17, 15) is 4.79 Å². The summed E-state index contributed by atoms with van der Waals surface area (Å²) in [6.45, 7) is 4.57. The second kappa shape index (κ2) is 9.28. The molecule has 3 aromatic rings. The average Bonchev–Trinajstić information content (AvgIpc) is 2.69. The van der Waals surface area contributed by atoms with Crippen molar-refractivity contribution in [2.24, 2.45) is 0 Å². The standard InChI is InChI=1S/C23H23NO2S/c1-3-26-22-7-5-4-6-21(22)24-23(25)19-12-10-18(11-13-19)16-27-20-14-8-17(2)9-15-20/h4-15H,3,16H2,1-2H3,(H,24,25). The van der Waals surface area contributed by atoms with Crippen LogP contribution in [-0.4, -0.2) is 12.5 Å². The number of hydrogen-bond acceptors (Lipinski definition) is 3. The summed E-state index contributed by atoms with van der Waals surface area (Å²) < 4.78 is 5.56.